The van der Waals surface area contributed by atoms with Gasteiger partial charge >= 0.3 is 0 Å². The maximum Gasteiger partial charge on any atom is 0.0773 e. The zero-order chi connectivity index (χ0) is 46.0. The molecule has 2 radical (unpaired) electrons. The average Bonchev–Trinajstić information content (AvgIpc) is 3.45. The summed E-state index contributed by atoms with van der Waals surface area (Å²) < 4.78 is 0. The Morgan fingerprint density at radius 2 is 0.729 bits per heavy atom. The standard InChI is InChI=1S/2C20H13N2.2C11H8N.2Ir/c1-2-7-16(8-3-1)19-14-17(11-12-21-19)20-18-9-5-4-6-15(18)10-13-22-20;1-2-6-15(7-3-1)20-14-17(12-13-21-20)19-11-10-16-8-4-5-9-18(16)22-19;2*1-2-6-10(7-3-1)11-8-4-5-9-12-11;;/h1-7,9-14H;1-6,8-14H;2*1-6,8-9H;;/q4*-1;;. The van der Waals surface area contributed by atoms with E-state index in [1.54, 1.807) is 12.4 Å². The largest absolute Gasteiger partial charge is 0.305 e. The van der Waals surface area contributed by atoms with Crippen LogP contribution in [0.2, 0.25) is 0 Å². The van der Waals surface area contributed by atoms with Crippen molar-refractivity contribution in [2.75, 3.05) is 0 Å². The van der Waals surface area contributed by atoms with Gasteiger partial charge in [-0.1, -0.05) is 84.9 Å². The van der Waals surface area contributed by atoms with Gasteiger partial charge in [-0.3, -0.25) is 4.98 Å². The minimum absolute atomic E-state index is 0. The minimum atomic E-state index is 0. The Bertz CT molecular complexity index is 3280. The summed E-state index contributed by atoms with van der Waals surface area (Å²) in [5.41, 5.74) is 12.9. The number of hydrogen-bond donors (Lipinski definition) is 0. The number of aromatic nitrogens is 6. The molecule has 0 spiro atoms. The summed E-state index contributed by atoms with van der Waals surface area (Å²) >= 11 is 0. The van der Waals surface area contributed by atoms with Gasteiger partial charge in [-0.15, -0.1) is 144 Å². The fraction of sp³-hybridized carbons (Fsp3) is 0. The molecular weight excluding hydrogens is 1210 g/mol. The molecule has 6 heterocycles. The van der Waals surface area contributed by atoms with Crippen molar-refractivity contribution in [1.29, 1.82) is 0 Å². The smallest absolute Gasteiger partial charge is 0.0773 e. The van der Waals surface area contributed by atoms with E-state index < -0.39 is 0 Å². The fourth-order valence-electron chi connectivity index (χ4n) is 7.29. The summed E-state index contributed by atoms with van der Waals surface area (Å²) in [5, 5.41) is 3.49. The van der Waals surface area contributed by atoms with Gasteiger partial charge in [0, 0.05) is 82.0 Å². The number of para-hydroxylation sites is 1. The molecule has 0 atom stereocenters. The fourth-order valence-corrected chi connectivity index (χ4v) is 7.29. The monoisotopic (exact) mass is 1260 g/mol. The summed E-state index contributed by atoms with van der Waals surface area (Å²) in [7, 11) is 0. The Balaban J connectivity index is 0.000000142. The average molecular weight is 1260 g/mol. The number of pyridine rings is 6. The Hall–Kier alpha value is -7.96. The van der Waals surface area contributed by atoms with Crippen molar-refractivity contribution in [2.24, 2.45) is 0 Å². The molecule has 342 valence electrons. The Kier molecular flexibility index (Phi) is 18.5. The van der Waals surface area contributed by atoms with Crippen LogP contribution >= 0.6 is 0 Å². The topological polar surface area (TPSA) is 77.3 Å². The number of hydrogen-bond acceptors (Lipinski definition) is 6. The van der Waals surface area contributed by atoms with Crippen LogP contribution in [0.25, 0.3) is 89.2 Å². The molecule has 0 aliphatic heterocycles. The molecule has 6 aromatic carbocycles. The van der Waals surface area contributed by atoms with E-state index in [4.69, 9.17) is 4.98 Å². The minimum Gasteiger partial charge on any atom is -0.305 e. The predicted molar refractivity (Wildman–Crippen MR) is 276 cm³/mol. The van der Waals surface area contributed by atoms with E-state index in [1.165, 1.54) is 5.39 Å². The van der Waals surface area contributed by atoms with Crippen LogP contribution in [0.5, 0.6) is 0 Å². The summed E-state index contributed by atoms with van der Waals surface area (Å²) in [6.07, 6.45) is 9.08. The van der Waals surface area contributed by atoms with Crippen molar-refractivity contribution in [1.82, 2.24) is 29.9 Å². The van der Waals surface area contributed by atoms with Gasteiger partial charge in [0.1, 0.15) is 0 Å². The molecule has 70 heavy (non-hydrogen) atoms. The Morgan fingerprint density at radius 3 is 1.26 bits per heavy atom. The Labute approximate surface area is 436 Å². The summed E-state index contributed by atoms with van der Waals surface area (Å²) in [5.74, 6) is 0. The van der Waals surface area contributed by atoms with Crippen molar-refractivity contribution in [3.63, 3.8) is 0 Å². The SMILES string of the molecule is [Ir].[Ir].[c-]1ccccc1-c1cc(-c2ccc3ccccc3n2)ccn1.[c-]1ccccc1-c1cc(-c2nccc3ccccc23)ccn1.[c-]1ccccc1-c1ccccn1.[c-]1ccccc1-c1ccccn1. The van der Waals surface area contributed by atoms with Crippen LogP contribution in [-0.2, 0) is 40.2 Å². The number of nitrogens with zero attached hydrogens (tertiary/aromatic N) is 6. The van der Waals surface area contributed by atoms with Gasteiger partial charge in [-0.25, -0.2) is 4.98 Å². The number of rotatable bonds is 6. The molecular formula is C62H42Ir2N6-4. The molecule has 0 bridgehead atoms. The van der Waals surface area contributed by atoms with Crippen molar-refractivity contribution in [3.8, 4) is 67.5 Å². The second kappa shape index (κ2) is 26.0. The van der Waals surface area contributed by atoms with Crippen molar-refractivity contribution in [3.05, 3.63) is 280 Å². The molecule has 12 aromatic rings. The van der Waals surface area contributed by atoms with Crippen LogP contribution in [0, 0.1) is 24.3 Å². The van der Waals surface area contributed by atoms with Crippen LogP contribution in [0.15, 0.2) is 255 Å². The van der Waals surface area contributed by atoms with Gasteiger partial charge in [0.25, 0.3) is 0 Å². The molecule has 0 aliphatic carbocycles. The first-order chi connectivity index (χ1) is 33.7. The van der Waals surface area contributed by atoms with Crippen LogP contribution in [0.3, 0.4) is 0 Å². The Morgan fingerprint density at radius 1 is 0.286 bits per heavy atom. The van der Waals surface area contributed by atoms with E-state index in [9.17, 15) is 0 Å². The molecule has 0 unspecified atom stereocenters. The molecule has 8 heteroatoms. The van der Waals surface area contributed by atoms with Gasteiger partial charge in [0.05, 0.1) is 16.9 Å². The van der Waals surface area contributed by atoms with E-state index in [1.807, 2.05) is 201 Å². The quantitative estimate of drug-likeness (QED) is 0.154. The molecule has 0 amide bonds. The van der Waals surface area contributed by atoms with Gasteiger partial charge in [0.2, 0.25) is 0 Å². The van der Waals surface area contributed by atoms with E-state index in [0.717, 1.165) is 83.8 Å². The van der Waals surface area contributed by atoms with Gasteiger partial charge in [0.15, 0.2) is 0 Å². The summed E-state index contributed by atoms with van der Waals surface area (Å²) in [4.78, 5) is 26.6. The van der Waals surface area contributed by atoms with E-state index >= 15 is 0 Å². The maximum absolute atomic E-state index is 4.74. The molecule has 0 fully saturated rings. The molecule has 0 saturated heterocycles. The second-order valence-electron chi connectivity index (χ2n) is 15.2. The van der Waals surface area contributed by atoms with Crippen molar-refractivity contribution in [2.45, 2.75) is 0 Å². The summed E-state index contributed by atoms with van der Waals surface area (Å²) in [6, 6.07) is 86.5. The third-order valence-electron chi connectivity index (χ3n) is 10.6. The van der Waals surface area contributed by atoms with Crippen molar-refractivity contribution < 1.29 is 40.2 Å². The second-order valence-corrected chi connectivity index (χ2v) is 15.2. The first kappa shape index (κ1) is 49.9. The van der Waals surface area contributed by atoms with Crippen LogP contribution in [0.1, 0.15) is 0 Å². The third kappa shape index (κ3) is 13.4. The molecule has 0 N–H and O–H groups in total. The summed E-state index contributed by atoms with van der Waals surface area (Å²) in [6.45, 7) is 0. The maximum atomic E-state index is 4.74. The van der Waals surface area contributed by atoms with E-state index in [2.05, 4.69) is 91.6 Å². The van der Waals surface area contributed by atoms with E-state index in [-0.39, 0.29) is 40.2 Å². The van der Waals surface area contributed by atoms with Crippen LogP contribution < -0.4 is 0 Å². The molecule has 0 saturated carbocycles. The molecule has 6 aromatic heterocycles. The number of benzene rings is 6. The molecule has 12 rings (SSSR count). The normalized spacial score (nSPS) is 10.1. The third-order valence-corrected chi connectivity index (χ3v) is 10.6. The number of fused-ring (bicyclic) bond motifs is 2. The first-order valence-electron chi connectivity index (χ1n) is 22.1. The van der Waals surface area contributed by atoms with Crippen LogP contribution in [0.4, 0.5) is 0 Å². The molecule has 0 aliphatic rings. The van der Waals surface area contributed by atoms with Crippen LogP contribution in [-0.4, -0.2) is 29.9 Å². The zero-order valence-electron chi connectivity index (χ0n) is 37.6. The molecule has 6 nitrogen and oxygen atoms in total. The van der Waals surface area contributed by atoms with Gasteiger partial charge in [-0.2, -0.15) is 0 Å². The zero-order valence-corrected chi connectivity index (χ0v) is 42.4. The van der Waals surface area contributed by atoms with Crippen molar-refractivity contribution >= 4 is 21.7 Å². The predicted octanol–water partition coefficient (Wildman–Crippen LogP) is 14.6. The first-order valence-corrected chi connectivity index (χ1v) is 22.1. The van der Waals surface area contributed by atoms with E-state index in [0.29, 0.717) is 0 Å². The van der Waals surface area contributed by atoms with Gasteiger partial charge in [-0.05, 0) is 81.8 Å². The van der Waals surface area contributed by atoms with Gasteiger partial charge < -0.3 is 19.9 Å².